The molecule has 0 aromatic heterocycles. The minimum atomic E-state index is -0.206. The molecule has 0 bridgehead atoms. The van der Waals surface area contributed by atoms with Gasteiger partial charge in [-0.25, -0.2) is 4.79 Å². The average Bonchev–Trinajstić information content (AvgIpc) is 3.34. The van der Waals surface area contributed by atoms with E-state index in [-0.39, 0.29) is 11.9 Å². The SMILES string of the molecule is O=C(Nc1ccccc1NC(=O)N1CCCC1)c1ccc2c(c1)CCO2. The van der Waals surface area contributed by atoms with E-state index in [2.05, 4.69) is 10.6 Å². The number of urea groups is 1. The second kappa shape index (κ2) is 7.07. The summed E-state index contributed by atoms with van der Waals surface area (Å²) in [7, 11) is 0. The van der Waals surface area contributed by atoms with Crippen LogP contribution in [-0.4, -0.2) is 36.5 Å². The summed E-state index contributed by atoms with van der Waals surface area (Å²) in [5, 5.41) is 5.80. The third-order valence-electron chi connectivity index (χ3n) is 4.76. The van der Waals surface area contributed by atoms with Gasteiger partial charge in [-0.05, 0) is 48.7 Å². The predicted octanol–water partition coefficient (Wildman–Crippen LogP) is 3.50. The number of ether oxygens (including phenoxy) is 1. The Hall–Kier alpha value is -3.02. The van der Waals surface area contributed by atoms with Crippen LogP contribution in [0.2, 0.25) is 0 Å². The van der Waals surface area contributed by atoms with Gasteiger partial charge in [0.2, 0.25) is 0 Å². The highest BCUT2D eigenvalue weighted by molar-refractivity contribution is 6.07. The van der Waals surface area contributed by atoms with Gasteiger partial charge in [0.05, 0.1) is 18.0 Å². The van der Waals surface area contributed by atoms with Gasteiger partial charge in [-0.2, -0.15) is 0 Å². The van der Waals surface area contributed by atoms with Crippen molar-refractivity contribution in [2.45, 2.75) is 19.3 Å². The Bertz CT molecular complexity index is 844. The third-order valence-corrected chi connectivity index (χ3v) is 4.76. The van der Waals surface area contributed by atoms with Crippen LogP contribution in [0.25, 0.3) is 0 Å². The number of para-hydroxylation sites is 2. The molecule has 0 spiro atoms. The fourth-order valence-corrected chi connectivity index (χ4v) is 3.34. The van der Waals surface area contributed by atoms with Crippen LogP contribution in [0.1, 0.15) is 28.8 Å². The lowest BCUT2D eigenvalue weighted by atomic mass is 10.1. The van der Waals surface area contributed by atoms with E-state index in [9.17, 15) is 9.59 Å². The molecule has 0 atom stereocenters. The van der Waals surface area contributed by atoms with Crippen molar-refractivity contribution in [3.05, 3.63) is 53.6 Å². The maximum absolute atomic E-state index is 12.6. The molecule has 6 heteroatoms. The number of rotatable bonds is 3. The van der Waals surface area contributed by atoms with Gasteiger partial charge >= 0.3 is 6.03 Å². The zero-order valence-electron chi connectivity index (χ0n) is 14.5. The number of fused-ring (bicyclic) bond motifs is 1. The van der Waals surface area contributed by atoms with Crippen molar-refractivity contribution in [2.24, 2.45) is 0 Å². The van der Waals surface area contributed by atoms with Crippen LogP contribution < -0.4 is 15.4 Å². The molecule has 2 aromatic carbocycles. The molecule has 0 unspecified atom stereocenters. The van der Waals surface area contributed by atoms with Crippen LogP contribution in [0.4, 0.5) is 16.2 Å². The first-order chi connectivity index (χ1) is 12.7. The van der Waals surface area contributed by atoms with Gasteiger partial charge in [0.25, 0.3) is 5.91 Å². The molecular formula is C20H21N3O3. The highest BCUT2D eigenvalue weighted by atomic mass is 16.5. The third kappa shape index (κ3) is 3.35. The Morgan fingerprint density at radius 1 is 0.962 bits per heavy atom. The van der Waals surface area contributed by atoms with Gasteiger partial charge in [0.1, 0.15) is 5.75 Å². The number of nitrogens with one attached hydrogen (secondary N) is 2. The van der Waals surface area contributed by atoms with E-state index in [1.165, 1.54) is 0 Å². The monoisotopic (exact) mass is 351 g/mol. The number of benzene rings is 2. The Kier molecular flexibility index (Phi) is 4.48. The quantitative estimate of drug-likeness (QED) is 0.889. The number of carbonyl (C=O) groups is 2. The van der Waals surface area contributed by atoms with Crippen molar-refractivity contribution in [3.63, 3.8) is 0 Å². The number of hydrogen-bond donors (Lipinski definition) is 2. The topological polar surface area (TPSA) is 70.7 Å². The molecule has 134 valence electrons. The van der Waals surface area contributed by atoms with Gasteiger partial charge in [0.15, 0.2) is 0 Å². The first kappa shape index (κ1) is 16.4. The molecule has 2 aliphatic rings. The summed E-state index contributed by atoms with van der Waals surface area (Å²) in [6.45, 7) is 2.21. The van der Waals surface area contributed by atoms with Gasteiger partial charge < -0.3 is 20.3 Å². The van der Waals surface area contributed by atoms with Gasteiger partial charge in [-0.15, -0.1) is 0 Å². The molecule has 2 N–H and O–H groups in total. The van der Waals surface area contributed by atoms with Crippen LogP contribution >= 0.6 is 0 Å². The van der Waals surface area contributed by atoms with Crippen molar-refractivity contribution in [2.75, 3.05) is 30.3 Å². The van der Waals surface area contributed by atoms with Crippen LogP contribution in [0.15, 0.2) is 42.5 Å². The molecule has 1 fully saturated rings. The number of amides is 3. The summed E-state index contributed by atoms with van der Waals surface area (Å²) in [6.07, 6.45) is 2.89. The fourth-order valence-electron chi connectivity index (χ4n) is 3.34. The van der Waals surface area contributed by atoms with Crippen LogP contribution in [-0.2, 0) is 6.42 Å². The minimum absolute atomic E-state index is 0.126. The molecule has 0 radical (unpaired) electrons. The van der Waals surface area contributed by atoms with Crippen molar-refractivity contribution in [1.82, 2.24) is 4.90 Å². The highest BCUT2D eigenvalue weighted by Crippen LogP contribution is 2.27. The number of carbonyl (C=O) groups excluding carboxylic acids is 2. The number of nitrogens with zero attached hydrogens (tertiary/aromatic N) is 1. The van der Waals surface area contributed by atoms with Gasteiger partial charge in [0, 0.05) is 25.1 Å². The Labute approximate surface area is 152 Å². The van der Waals surface area contributed by atoms with Crippen molar-refractivity contribution >= 4 is 23.3 Å². The molecule has 2 aromatic rings. The summed E-state index contributed by atoms with van der Waals surface area (Å²) < 4.78 is 5.48. The van der Waals surface area contributed by atoms with E-state index in [1.807, 2.05) is 24.3 Å². The molecule has 0 saturated carbocycles. The van der Waals surface area contributed by atoms with E-state index in [4.69, 9.17) is 4.74 Å². The van der Waals surface area contributed by atoms with Crippen LogP contribution in [0.3, 0.4) is 0 Å². The Morgan fingerprint density at radius 2 is 1.69 bits per heavy atom. The smallest absolute Gasteiger partial charge is 0.321 e. The lowest BCUT2D eigenvalue weighted by molar-refractivity contribution is 0.102. The summed E-state index contributed by atoms with van der Waals surface area (Å²) in [6, 6.07) is 12.6. The maximum atomic E-state index is 12.6. The number of anilines is 2. The first-order valence-corrected chi connectivity index (χ1v) is 8.93. The minimum Gasteiger partial charge on any atom is -0.493 e. The van der Waals surface area contributed by atoms with Crippen molar-refractivity contribution in [3.8, 4) is 5.75 Å². The summed E-state index contributed by atoms with van der Waals surface area (Å²) >= 11 is 0. The number of likely N-dealkylation sites (tertiary alicyclic amines) is 1. The standard InChI is InChI=1S/C20H21N3O3/c24-19(15-7-8-18-14(13-15)9-12-26-18)21-16-5-1-2-6-17(16)22-20(25)23-10-3-4-11-23/h1-2,5-8,13H,3-4,9-12H2,(H,21,24)(H,22,25). The summed E-state index contributed by atoms with van der Waals surface area (Å²) in [5.41, 5.74) is 2.81. The molecule has 2 heterocycles. The molecule has 3 amide bonds. The van der Waals surface area contributed by atoms with Gasteiger partial charge in [-0.3, -0.25) is 4.79 Å². The van der Waals surface area contributed by atoms with E-state index in [1.54, 1.807) is 23.1 Å². The van der Waals surface area contributed by atoms with Gasteiger partial charge in [-0.1, -0.05) is 12.1 Å². The number of hydrogen-bond acceptors (Lipinski definition) is 3. The summed E-state index contributed by atoms with van der Waals surface area (Å²) in [5.74, 6) is 0.641. The maximum Gasteiger partial charge on any atom is 0.321 e. The Balaban J connectivity index is 1.49. The molecule has 6 nitrogen and oxygen atoms in total. The molecule has 0 aliphatic carbocycles. The molecule has 1 saturated heterocycles. The van der Waals surface area contributed by atoms with Crippen LogP contribution in [0, 0.1) is 0 Å². The van der Waals surface area contributed by atoms with E-state index >= 15 is 0 Å². The predicted molar refractivity (Wildman–Crippen MR) is 99.9 cm³/mol. The second-order valence-electron chi connectivity index (χ2n) is 6.54. The molecule has 2 aliphatic heterocycles. The highest BCUT2D eigenvalue weighted by Gasteiger charge is 2.20. The van der Waals surface area contributed by atoms with E-state index in [0.29, 0.717) is 23.5 Å². The fraction of sp³-hybridized carbons (Fsp3) is 0.300. The zero-order chi connectivity index (χ0) is 17.9. The summed E-state index contributed by atoms with van der Waals surface area (Å²) in [4.78, 5) is 26.8. The van der Waals surface area contributed by atoms with E-state index < -0.39 is 0 Å². The van der Waals surface area contributed by atoms with Crippen molar-refractivity contribution in [1.29, 1.82) is 0 Å². The average molecular weight is 351 g/mol. The molecular weight excluding hydrogens is 330 g/mol. The lowest BCUT2D eigenvalue weighted by Gasteiger charge is -2.18. The first-order valence-electron chi connectivity index (χ1n) is 8.93. The van der Waals surface area contributed by atoms with Crippen LogP contribution in [0.5, 0.6) is 5.75 Å². The molecule has 4 rings (SSSR count). The Morgan fingerprint density at radius 3 is 2.46 bits per heavy atom. The van der Waals surface area contributed by atoms with E-state index in [0.717, 1.165) is 43.7 Å². The normalized spacial score (nSPS) is 15.3. The zero-order valence-corrected chi connectivity index (χ0v) is 14.5. The second-order valence-corrected chi connectivity index (χ2v) is 6.54. The molecule has 26 heavy (non-hydrogen) atoms. The largest absolute Gasteiger partial charge is 0.493 e. The lowest BCUT2D eigenvalue weighted by Crippen LogP contribution is -2.32. The van der Waals surface area contributed by atoms with Crippen molar-refractivity contribution < 1.29 is 14.3 Å².